The van der Waals surface area contributed by atoms with Crippen molar-refractivity contribution in [2.45, 2.75) is 6.92 Å². The van der Waals surface area contributed by atoms with Crippen LogP contribution in [0.4, 0.5) is 0 Å². The van der Waals surface area contributed by atoms with E-state index in [2.05, 4.69) is 15.9 Å². The zero-order valence-electron chi connectivity index (χ0n) is 11.1. The fourth-order valence-corrected chi connectivity index (χ4v) is 2.36. The minimum absolute atomic E-state index is 0.131. The molecule has 0 saturated carbocycles. The summed E-state index contributed by atoms with van der Waals surface area (Å²) in [6.07, 6.45) is 0. The van der Waals surface area contributed by atoms with Crippen LogP contribution in [0, 0.1) is 5.92 Å². The van der Waals surface area contributed by atoms with Gasteiger partial charge < -0.3 is 14.4 Å². The van der Waals surface area contributed by atoms with Gasteiger partial charge in [0.05, 0.1) is 10.4 Å². The van der Waals surface area contributed by atoms with Gasteiger partial charge in [0, 0.05) is 19.0 Å². The van der Waals surface area contributed by atoms with E-state index in [0.717, 1.165) is 9.86 Å². The quantitative estimate of drug-likeness (QED) is 0.929. The van der Waals surface area contributed by atoms with E-state index < -0.39 is 11.9 Å². The van der Waals surface area contributed by atoms with Gasteiger partial charge in [-0.05, 0) is 28.1 Å². The predicted octanol–water partition coefficient (Wildman–Crippen LogP) is 2.99. The van der Waals surface area contributed by atoms with Crippen LogP contribution in [-0.2, 0) is 4.79 Å². The lowest BCUT2D eigenvalue weighted by Crippen LogP contribution is -2.33. The predicted molar refractivity (Wildman–Crippen MR) is 77.7 cm³/mol. The number of aliphatic carboxylic acids is 1. The van der Waals surface area contributed by atoms with E-state index in [-0.39, 0.29) is 18.2 Å². The van der Waals surface area contributed by atoms with Crippen molar-refractivity contribution in [3.05, 3.63) is 34.5 Å². The van der Waals surface area contributed by atoms with Crippen LogP contribution in [0.1, 0.15) is 17.5 Å². The largest absolute Gasteiger partial charge is 0.481 e. The van der Waals surface area contributed by atoms with Crippen molar-refractivity contribution in [2.75, 3.05) is 13.6 Å². The summed E-state index contributed by atoms with van der Waals surface area (Å²) in [6.45, 7) is 1.69. The third kappa shape index (κ3) is 2.85. The Morgan fingerprint density at radius 2 is 2.15 bits per heavy atom. The lowest BCUT2D eigenvalue weighted by molar-refractivity contribution is -0.141. The summed E-state index contributed by atoms with van der Waals surface area (Å²) in [5.74, 6) is -1.69. The minimum atomic E-state index is -0.933. The number of carbonyl (C=O) groups is 2. The number of amides is 1. The molecule has 0 aliphatic rings. The number of nitrogens with zero attached hydrogens (tertiary/aromatic N) is 1. The second-order valence-corrected chi connectivity index (χ2v) is 5.55. The molecule has 1 amide bonds. The zero-order valence-corrected chi connectivity index (χ0v) is 12.7. The van der Waals surface area contributed by atoms with Crippen molar-refractivity contribution in [1.82, 2.24) is 4.90 Å². The number of rotatable bonds is 4. The van der Waals surface area contributed by atoms with Crippen LogP contribution in [0.15, 0.2) is 33.2 Å². The molecule has 2 aromatic rings. The minimum Gasteiger partial charge on any atom is -0.481 e. The highest BCUT2D eigenvalue weighted by Gasteiger charge is 2.21. The Bertz CT molecular complexity index is 664. The molecule has 20 heavy (non-hydrogen) atoms. The van der Waals surface area contributed by atoms with Crippen LogP contribution in [-0.4, -0.2) is 35.5 Å². The Labute approximate surface area is 124 Å². The summed E-state index contributed by atoms with van der Waals surface area (Å²) >= 11 is 3.36. The SMILES string of the molecule is CC(CN(C)C(=O)c1cc2cccc(Br)c2o1)C(=O)O. The van der Waals surface area contributed by atoms with Crippen molar-refractivity contribution in [1.29, 1.82) is 0 Å². The number of hydrogen-bond acceptors (Lipinski definition) is 3. The third-order valence-electron chi connectivity index (χ3n) is 3.02. The molecule has 0 spiro atoms. The first-order valence-electron chi connectivity index (χ1n) is 6.06. The van der Waals surface area contributed by atoms with Crippen molar-refractivity contribution in [2.24, 2.45) is 5.92 Å². The molecule has 6 heteroatoms. The molecular weight excluding hydrogens is 326 g/mol. The maximum atomic E-state index is 12.2. The van der Waals surface area contributed by atoms with E-state index in [1.807, 2.05) is 18.2 Å². The number of hydrogen-bond donors (Lipinski definition) is 1. The van der Waals surface area contributed by atoms with E-state index in [1.165, 1.54) is 4.90 Å². The zero-order chi connectivity index (χ0) is 14.9. The highest BCUT2D eigenvalue weighted by Crippen LogP contribution is 2.27. The molecule has 1 aromatic carbocycles. The molecule has 106 valence electrons. The van der Waals surface area contributed by atoms with Gasteiger partial charge in [0.1, 0.15) is 5.58 Å². The van der Waals surface area contributed by atoms with Crippen molar-refractivity contribution in [3.8, 4) is 0 Å². The Hall–Kier alpha value is -1.82. The molecule has 0 fully saturated rings. The number of carboxylic acid groups (broad SMARTS) is 1. The number of para-hydroxylation sites is 1. The van der Waals surface area contributed by atoms with Gasteiger partial charge in [-0.2, -0.15) is 0 Å². The highest BCUT2D eigenvalue weighted by molar-refractivity contribution is 9.10. The highest BCUT2D eigenvalue weighted by atomic mass is 79.9. The van der Waals surface area contributed by atoms with Gasteiger partial charge in [-0.1, -0.05) is 19.1 Å². The number of carbonyl (C=O) groups excluding carboxylic acids is 1. The van der Waals surface area contributed by atoms with Crippen LogP contribution >= 0.6 is 15.9 Å². The molecule has 0 bridgehead atoms. The molecule has 0 saturated heterocycles. The number of benzene rings is 1. The van der Waals surface area contributed by atoms with Crippen molar-refractivity contribution < 1.29 is 19.1 Å². The monoisotopic (exact) mass is 339 g/mol. The second-order valence-electron chi connectivity index (χ2n) is 4.69. The maximum Gasteiger partial charge on any atom is 0.308 e. The smallest absolute Gasteiger partial charge is 0.308 e. The fraction of sp³-hybridized carbons (Fsp3) is 0.286. The fourth-order valence-electron chi connectivity index (χ4n) is 1.89. The summed E-state index contributed by atoms with van der Waals surface area (Å²) in [5, 5.41) is 9.69. The van der Waals surface area contributed by atoms with Gasteiger partial charge in [-0.3, -0.25) is 9.59 Å². The molecule has 1 atom stereocenters. The van der Waals surface area contributed by atoms with Gasteiger partial charge in [0.15, 0.2) is 5.76 Å². The standard InChI is InChI=1S/C14H14BrNO4/c1-8(14(18)19)7-16(2)13(17)11-6-9-4-3-5-10(15)12(9)20-11/h3-6,8H,7H2,1-2H3,(H,18,19). The van der Waals surface area contributed by atoms with Crippen LogP contribution < -0.4 is 0 Å². The molecule has 1 N–H and O–H groups in total. The van der Waals surface area contributed by atoms with E-state index in [9.17, 15) is 9.59 Å². The number of furan rings is 1. The lowest BCUT2D eigenvalue weighted by Gasteiger charge is -2.17. The average Bonchev–Trinajstić information content (AvgIpc) is 2.83. The molecule has 1 aromatic heterocycles. The van der Waals surface area contributed by atoms with Gasteiger partial charge in [-0.25, -0.2) is 0 Å². The molecule has 5 nitrogen and oxygen atoms in total. The molecule has 0 aliphatic carbocycles. The van der Waals surface area contributed by atoms with E-state index in [1.54, 1.807) is 20.0 Å². The van der Waals surface area contributed by atoms with Gasteiger partial charge in [0.25, 0.3) is 5.91 Å². The first-order valence-corrected chi connectivity index (χ1v) is 6.85. The third-order valence-corrected chi connectivity index (χ3v) is 3.65. The molecule has 0 radical (unpaired) electrons. The number of fused-ring (bicyclic) bond motifs is 1. The second kappa shape index (κ2) is 5.66. The molecule has 1 unspecified atom stereocenters. The summed E-state index contributed by atoms with van der Waals surface area (Å²) in [5.41, 5.74) is 0.607. The first kappa shape index (κ1) is 14.6. The summed E-state index contributed by atoms with van der Waals surface area (Å²) in [6, 6.07) is 7.19. The average molecular weight is 340 g/mol. The van der Waals surface area contributed by atoms with E-state index >= 15 is 0 Å². The summed E-state index contributed by atoms with van der Waals surface area (Å²) < 4.78 is 6.31. The van der Waals surface area contributed by atoms with Crippen LogP contribution in [0.3, 0.4) is 0 Å². The van der Waals surface area contributed by atoms with Gasteiger partial charge in [0.2, 0.25) is 0 Å². The molecular formula is C14H14BrNO4. The van der Waals surface area contributed by atoms with Crippen molar-refractivity contribution >= 4 is 38.8 Å². The summed E-state index contributed by atoms with van der Waals surface area (Å²) in [7, 11) is 1.56. The Kier molecular flexibility index (Phi) is 4.13. The Balaban J connectivity index is 2.23. The van der Waals surface area contributed by atoms with Crippen LogP contribution in [0.5, 0.6) is 0 Å². The number of halogens is 1. The number of carboxylic acids is 1. The maximum absolute atomic E-state index is 12.2. The molecule has 0 aliphatic heterocycles. The Morgan fingerprint density at radius 3 is 2.75 bits per heavy atom. The van der Waals surface area contributed by atoms with Crippen molar-refractivity contribution in [3.63, 3.8) is 0 Å². The molecule has 2 rings (SSSR count). The van der Waals surface area contributed by atoms with Crippen LogP contribution in [0.2, 0.25) is 0 Å². The normalized spacial score (nSPS) is 12.3. The van der Waals surface area contributed by atoms with Gasteiger partial charge >= 0.3 is 5.97 Å². The first-order chi connectivity index (χ1) is 9.40. The lowest BCUT2D eigenvalue weighted by atomic mass is 10.1. The topological polar surface area (TPSA) is 70.8 Å². The van der Waals surface area contributed by atoms with Gasteiger partial charge in [-0.15, -0.1) is 0 Å². The van der Waals surface area contributed by atoms with E-state index in [4.69, 9.17) is 9.52 Å². The summed E-state index contributed by atoms with van der Waals surface area (Å²) in [4.78, 5) is 24.4. The van der Waals surface area contributed by atoms with Crippen LogP contribution in [0.25, 0.3) is 11.0 Å². The van der Waals surface area contributed by atoms with E-state index in [0.29, 0.717) is 5.58 Å². The Morgan fingerprint density at radius 1 is 1.45 bits per heavy atom. The molecule has 1 heterocycles.